The highest BCUT2D eigenvalue weighted by atomic mass is 32.2. The van der Waals surface area contributed by atoms with E-state index in [9.17, 15) is 19.2 Å². The molecule has 2 saturated heterocycles. The number of hydrogen-bond donors (Lipinski definition) is 1. The van der Waals surface area contributed by atoms with Crippen LogP contribution in [0, 0.1) is 0 Å². The largest absolute Gasteiger partial charge is 0.478 e. The van der Waals surface area contributed by atoms with Crippen LogP contribution in [0.2, 0.25) is 0 Å². The highest BCUT2D eigenvalue weighted by molar-refractivity contribution is 8.18. The average molecular weight is 425 g/mol. The third-order valence-electron chi connectivity index (χ3n) is 5.08. The van der Waals surface area contributed by atoms with Gasteiger partial charge in [0.1, 0.15) is 6.54 Å². The predicted molar refractivity (Wildman–Crippen MR) is 111 cm³/mol. The van der Waals surface area contributed by atoms with Gasteiger partial charge in [0, 0.05) is 30.7 Å². The van der Waals surface area contributed by atoms with Gasteiger partial charge in [0.05, 0.1) is 10.5 Å². The number of imide groups is 1. The van der Waals surface area contributed by atoms with Crippen molar-refractivity contribution in [2.75, 3.05) is 19.6 Å². The molecule has 0 atom stereocenters. The first kappa shape index (κ1) is 20.0. The van der Waals surface area contributed by atoms with Gasteiger partial charge in [-0.05, 0) is 67.1 Å². The molecule has 1 aromatic heterocycles. The SMILES string of the molecule is O=C(O)c1ccc(-n2cccc2/C=C2\SC(=O)N(CC(=O)N3CCCC3)C2=O)cc1. The molecule has 3 amide bonds. The fourth-order valence-electron chi connectivity index (χ4n) is 3.48. The van der Waals surface area contributed by atoms with E-state index < -0.39 is 17.1 Å². The summed E-state index contributed by atoms with van der Waals surface area (Å²) in [5, 5.41) is 8.59. The Morgan fingerprint density at radius 1 is 1.07 bits per heavy atom. The number of rotatable bonds is 5. The molecule has 1 N–H and O–H groups in total. The van der Waals surface area contributed by atoms with Crippen molar-refractivity contribution in [1.82, 2.24) is 14.4 Å². The van der Waals surface area contributed by atoms with Crippen molar-refractivity contribution in [1.29, 1.82) is 0 Å². The summed E-state index contributed by atoms with van der Waals surface area (Å²) in [7, 11) is 0. The van der Waals surface area contributed by atoms with Crippen LogP contribution in [-0.2, 0) is 9.59 Å². The molecular formula is C21H19N3O5S. The minimum Gasteiger partial charge on any atom is -0.478 e. The first-order valence-corrected chi connectivity index (χ1v) is 10.3. The van der Waals surface area contributed by atoms with Crippen molar-refractivity contribution < 1.29 is 24.3 Å². The predicted octanol–water partition coefficient (Wildman–Crippen LogP) is 2.83. The van der Waals surface area contributed by atoms with Crippen LogP contribution in [0.5, 0.6) is 0 Å². The number of likely N-dealkylation sites (tertiary alicyclic amines) is 1. The molecule has 4 rings (SSSR count). The molecule has 1 aromatic carbocycles. The Balaban J connectivity index is 1.53. The Bertz CT molecular complexity index is 1050. The van der Waals surface area contributed by atoms with Gasteiger partial charge in [-0.15, -0.1) is 0 Å². The van der Waals surface area contributed by atoms with Gasteiger partial charge in [-0.3, -0.25) is 19.3 Å². The zero-order valence-corrected chi connectivity index (χ0v) is 16.8. The number of carboxylic acids is 1. The molecule has 0 saturated carbocycles. The molecule has 2 aliphatic heterocycles. The molecule has 9 heteroatoms. The van der Waals surface area contributed by atoms with Gasteiger partial charge in [0.15, 0.2) is 0 Å². The number of carbonyl (C=O) groups excluding carboxylic acids is 3. The van der Waals surface area contributed by atoms with E-state index in [1.165, 1.54) is 12.1 Å². The van der Waals surface area contributed by atoms with Crippen LogP contribution >= 0.6 is 11.8 Å². The highest BCUT2D eigenvalue weighted by Crippen LogP contribution is 2.32. The fourth-order valence-corrected chi connectivity index (χ4v) is 4.31. The van der Waals surface area contributed by atoms with Crippen molar-refractivity contribution in [3.8, 4) is 5.69 Å². The molecule has 154 valence electrons. The summed E-state index contributed by atoms with van der Waals surface area (Å²) in [5.41, 5.74) is 1.56. The lowest BCUT2D eigenvalue weighted by atomic mass is 10.2. The topological polar surface area (TPSA) is 99.9 Å². The Hall–Kier alpha value is -3.33. The summed E-state index contributed by atoms with van der Waals surface area (Å²) in [6.07, 6.45) is 5.27. The third-order valence-corrected chi connectivity index (χ3v) is 5.98. The highest BCUT2D eigenvalue weighted by Gasteiger charge is 2.37. The van der Waals surface area contributed by atoms with Crippen molar-refractivity contribution in [2.45, 2.75) is 12.8 Å². The first-order chi connectivity index (χ1) is 14.4. The van der Waals surface area contributed by atoms with Gasteiger partial charge in [-0.1, -0.05) is 0 Å². The summed E-state index contributed by atoms with van der Waals surface area (Å²) < 4.78 is 1.79. The number of amides is 3. The van der Waals surface area contributed by atoms with E-state index in [-0.39, 0.29) is 22.9 Å². The Kier molecular flexibility index (Phi) is 5.45. The summed E-state index contributed by atoms with van der Waals surface area (Å²) in [5.74, 6) is -1.70. The lowest BCUT2D eigenvalue weighted by Crippen LogP contribution is -2.40. The molecule has 2 fully saturated rings. The van der Waals surface area contributed by atoms with Crippen LogP contribution in [0.25, 0.3) is 11.8 Å². The van der Waals surface area contributed by atoms with Crippen LogP contribution in [0.3, 0.4) is 0 Å². The molecule has 0 radical (unpaired) electrons. The fraction of sp³-hybridized carbons (Fsp3) is 0.238. The number of aromatic nitrogens is 1. The van der Waals surface area contributed by atoms with E-state index in [1.807, 2.05) is 0 Å². The number of nitrogens with zero attached hydrogens (tertiary/aromatic N) is 3. The zero-order chi connectivity index (χ0) is 21.3. The maximum atomic E-state index is 12.7. The molecule has 0 spiro atoms. The molecule has 0 bridgehead atoms. The minimum absolute atomic E-state index is 0.177. The molecular weight excluding hydrogens is 406 g/mol. The summed E-state index contributed by atoms with van der Waals surface area (Å²) in [6, 6.07) is 9.91. The van der Waals surface area contributed by atoms with E-state index in [1.54, 1.807) is 46.0 Å². The van der Waals surface area contributed by atoms with E-state index in [0.717, 1.165) is 35.2 Å². The van der Waals surface area contributed by atoms with Crippen LogP contribution in [0.1, 0.15) is 28.9 Å². The smallest absolute Gasteiger partial charge is 0.335 e. The van der Waals surface area contributed by atoms with Crippen LogP contribution in [0.15, 0.2) is 47.5 Å². The molecule has 2 aromatic rings. The molecule has 0 unspecified atom stereocenters. The van der Waals surface area contributed by atoms with E-state index in [4.69, 9.17) is 5.11 Å². The van der Waals surface area contributed by atoms with Crippen molar-refractivity contribution in [3.05, 3.63) is 58.8 Å². The number of benzene rings is 1. The average Bonchev–Trinajstić information content (AvgIpc) is 3.47. The van der Waals surface area contributed by atoms with Gasteiger partial charge in [0.2, 0.25) is 5.91 Å². The number of carbonyl (C=O) groups is 4. The second-order valence-electron chi connectivity index (χ2n) is 7.01. The quantitative estimate of drug-likeness (QED) is 0.740. The van der Waals surface area contributed by atoms with E-state index in [0.29, 0.717) is 18.8 Å². The summed E-state index contributed by atoms with van der Waals surface area (Å²) in [4.78, 5) is 51.3. The second-order valence-corrected chi connectivity index (χ2v) is 8.00. The number of aromatic carboxylic acids is 1. The van der Waals surface area contributed by atoms with Gasteiger partial charge >= 0.3 is 5.97 Å². The minimum atomic E-state index is -1.01. The Morgan fingerprint density at radius 2 is 1.77 bits per heavy atom. The number of carboxylic acid groups (broad SMARTS) is 1. The Labute approximate surface area is 176 Å². The van der Waals surface area contributed by atoms with E-state index >= 15 is 0 Å². The zero-order valence-electron chi connectivity index (χ0n) is 16.0. The third kappa shape index (κ3) is 3.88. The maximum absolute atomic E-state index is 12.7. The van der Waals surface area contributed by atoms with Crippen LogP contribution in [0.4, 0.5) is 4.79 Å². The lowest BCUT2D eigenvalue weighted by Gasteiger charge is -2.18. The Morgan fingerprint density at radius 3 is 2.43 bits per heavy atom. The van der Waals surface area contributed by atoms with Gasteiger partial charge < -0.3 is 14.6 Å². The summed E-state index contributed by atoms with van der Waals surface area (Å²) >= 11 is 0.812. The number of hydrogen-bond acceptors (Lipinski definition) is 5. The molecule has 30 heavy (non-hydrogen) atoms. The molecule has 8 nitrogen and oxygen atoms in total. The lowest BCUT2D eigenvalue weighted by molar-refractivity contribution is -0.135. The normalized spacial score (nSPS) is 17.9. The van der Waals surface area contributed by atoms with Crippen LogP contribution < -0.4 is 0 Å². The van der Waals surface area contributed by atoms with Gasteiger partial charge in [-0.25, -0.2) is 4.79 Å². The molecule has 2 aliphatic rings. The van der Waals surface area contributed by atoms with Gasteiger partial charge in [-0.2, -0.15) is 0 Å². The molecule has 3 heterocycles. The number of thioether (sulfide) groups is 1. The van der Waals surface area contributed by atoms with Crippen molar-refractivity contribution >= 4 is 40.9 Å². The van der Waals surface area contributed by atoms with E-state index in [2.05, 4.69) is 0 Å². The van der Waals surface area contributed by atoms with Crippen molar-refractivity contribution in [3.63, 3.8) is 0 Å². The maximum Gasteiger partial charge on any atom is 0.335 e. The monoisotopic (exact) mass is 425 g/mol. The van der Waals surface area contributed by atoms with Gasteiger partial charge in [0.25, 0.3) is 11.1 Å². The first-order valence-electron chi connectivity index (χ1n) is 9.48. The second kappa shape index (κ2) is 8.19. The van der Waals surface area contributed by atoms with Crippen molar-refractivity contribution in [2.24, 2.45) is 0 Å². The standard InChI is InChI=1S/C21H19N3O5S/c25-18(22-9-1-2-10-22)13-24-19(26)17(30-21(24)29)12-16-4-3-11-23(16)15-7-5-14(6-8-15)20(27)28/h3-8,11-12H,1-2,9-10,13H2,(H,27,28)/b17-12-. The molecule has 0 aliphatic carbocycles. The summed E-state index contributed by atoms with van der Waals surface area (Å²) in [6.45, 7) is 1.10. The van der Waals surface area contributed by atoms with Crippen LogP contribution in [-0.4, -0.2) is 62.1 Å².